The molecule has 0 spiro atoms. The Morgan fingerprint density at radius 1 is 0.932 bits per heavy atom. The SMILES string of the molecule is CC(C)C1=C2[C@H]3CC[C@@H]4[C@@]5(C)CC[C@H](O)C(C)(C)[C@@H]5CC[C@@]4(C)[C@]3(C)CC[C@@]2(C=CC(=O)N[C@@H](C)c2cccc(Cl)c2)CC1. The number of carbonyl (C=O) groups is 1. The van der Waals surface area contributed by atoms with E-state index in [0.717, 1.165) is 31.2 Å². The number of fused-ring (bicyclic) bond motifs is 7. The van der Waals surface area contributed by atoms with Gasteiger partial charge in [0.1, 0.15) is 0 Å². The van der Waals surface area contributed by atoms with Crippen LogP contribution in [0.2, 0.25) is 5.02 Å². The standard InChI is InChI=1S/C40H58ClNO2/c1-25(2)29-14-20-40(21-17-34(44)42-26(3)27-10-9-11-28(41)24-27)23-22-38(7)30(35(29)40)12-13-32-37(6)18-16-33(43)36(4,5)31(37)15-19-39(32,38)8/h9-11,17,21,24-26,30-33,43H,12-16,18-20,22-23H2,1-8H3,(H,42,44)/t26-,30+,31-,32+,33-,37-,38+,39+,40-/m0/s1. The molecule has 242 valence electrons. The molecule has 4 saturated carbocycles. The first-order chi connectivity index (χ1) is 20.6. The number of hydrogen-bond acceptors (Lipinski definition) is 2. The van der Waals surface area contributed by atoms with E-state index in [0.29, 0.717) is 34.1 Å². The fraction of sp³-hybridized carbons (Fsp3) is 0.725. The Morgan fingerprint density at radius 3 is 2.39 bits per heavy atom. The number of benzene rings is 1. The topological polar surface area (TPSA) is 49.3 Å². The monoisotopic (exact) mass is 619 g/mol. The van der Waals surface area contributed by atoms with Gasteiger partial charge in [-0.2, -0.15) is 0 Å². The molecule has 2 N–H and O–H groups in total. The van der Waals surface area contributed by atoms with Crippen molar-refractivity contribution in [2.75, 3.05) is 0 Å². The third-order valence-electron chi connectivity index (χ3n) is 15.0. The quantitative estimate of drug-likeness (QED) is 0.254. The number of allylic oxidation sites excluding steroid dienone is 3. The Bertz CT molecular complexity index is 1360. The molecule has 1 aromatic rings. The fourth-order valence-electron chi connectivity index (χ4n) is 12.3. The minimum absolute atomic E-state index is 0.00164. The molecule has 9 atom stereocenters. The largest absolute Gasteiger partial charge is 0.393 e. The smallest absolute Gasteiger partial charge is 0.244 e. The molecule has 5 aliphatic rings. The van der Waals surface area contributed by atoms with E-state index in [9.17, 15) is 9.90 Å². The molecule has 1 amide bonds. The second kappa shape index (κ2) is 11.0. The molecule has 44 heavy (non-hydrogen) atoms. The molecule has 4 heteroatoms. The molecular formula is C40H58ClNO2. The van der Waals surface area contributed by atoms with Crippen LogP contribution in [0.15, 0.2) is 47.6 Å². The van der Waals surface area contributed by atoms with Crippen molar-refractivity contribution in [3.8, 4) is 0 Å². The second-order valence-corrected chi connectivity index (χ2v) is 17.8. The van der Waals surface area contributed by atoms with E-state index in [4.69, 9.17) is 11.6 Å². The van der Waals surface area contributed by atoms with Gasteiger partial charge in [-0.25, -0.2) is 0 Å². The van der Waals surface area contributed by atoms with Crippen LogP contribution in [0.4, 0.5) is 0 Å². The number of aliphatic hydroxyl groups is 1. The van der Waals surface area contributed by atoms with Crippen molar-refractivity contribution in [2.24, 2.45) is 50.7 Å². The summed E-state index contributed by atoms with van der Waals surface area (Å²) in [6.07, 6.45) is 15.9. The van der Waals surface area contributed by atoms with Crippen LogP contribution in [0.25, 0.3) is 0 Å². The van der Waals surface area contributed by atoms with Crippen LogP contribution in [-0.4, -0.2) is 17.1 Å². The van der Waals surface area contributed by atoms with Gasteiger partial charge in [-0.15, -0.1) is 0 Å². The van der Waals surface area contributed by atoms with E-state index in [-0.39, 0.29) is 39.7 Å². The molecule has 0 aliphatic heterocycles. The molecule has 4 fully saturated rings. The molecule has 0 radical (unpaired) electrons. The van der Waals surface area contributed by atoms with Gasteiger partial charge in [-0.1, -0.05) is 89.4 Å². The van der Waals surface area contributed by atoms with Crippen molar-refractivity contribution in [1.82, 2.24) is 5.32 Å². The highest BCUT2D eigenvalue weighted by Gasteiger charge is 2.69. The number of carbonyl (C=O) groups excluding carboxylic acids is 1. The minimum atomic E-state index is -0.179. The van der Waals surface area contributed by atoms with Gasteiger partial charge in [0.25, 0.3) is 0 Å². The molecule has 0 aromatic heterocycles. The van der Waals surface area contributed by atoms with E-state index in [1.54, 1.807) is 11.1 Å². The third kappa shape index (κ3) is 4.71. The molecule has 1 aromatic carbocycles. The number of nitrogens with one attached hydrogen (secondary N) is 1. The van der Waals surface area contributed by atoms with Crippen molar-refractivity contribution in [3.63, 3.8) is 0 Å². The number of amides is 1. The zero-order valence-corrected chi connectivity index (χ0v) is 29.5. The molecule has 0 unspecified atom stereocenters. The first kappa shape index (κ1) is 32.4. The summed E-state index contributed by atoms with van der Waals surface area (Å²) in [4.78, 5) is 13.3. The maximum absolute atomic E-state index is 13.3. The fourth-order valence-corrected chi connectivity index (χ4v) is 12.5. The molecular weight excluding hydrogens is 562 g/mol. The van der Waals surface area contributed by atoms with Crippen molar-refractivity contribution in [2.45, 2.75) is 132 Å². The van der Waals surface area contributed by atoms with Gasteiger partial charge in [-0.3, -0.25) is 4.79 Å². The Morgan fingerprint density at radius 2 is 1.68 bits per heavy atom. The number of halogens is 1. The predicted octanol–water partition coefficient (Wildman–Crippen LogP) is 10.2. The highest BCUT2D eigenvalue weighted by Crippen LogP contribution is 2.77. The highest BCUT2D eigenvalue weighted by atomic mass is 35.5. The lowest BCUT2D eigenvalue weighted by molar-refractivity contribution is -0.227. The zero-order valence-electron chi connectivity index (χ0n) is 28.7. The average Bonchev–Trinajstić information content (AvgIpc) is 3.35. The number of aliphatic hydroxyl groups excluding tert-OH is 1. The maximum atomic E-state index is 13.3. The molecule has 0 heterocycles. The number of rotatable bonds is 5. The van der Waals surface area contributed by atoms with Gasteiger partial charge in [-0.05, 0) is 140 Å². The summed E-state index contributed by atoms with van der Waals surface area (Å²) in [6.45, 7) is 19.5. The Kier molecular flexibility index (Phi) is 8.09. The van der Waals surface area contributed by atoms with Crippen molar-refractivity contribution in [1.29, 1.82) is 0 Å². The Labute approximate surface area is 272 Å². The van der Waals surface area contributed by atoms with Crippen LogP contribution in [0.5, 0.6) is 0 Å². The lowest BCUT2D eigenvalue weighted by Crippen LogP contribution is -2.65. The van der Waals surface area contributed by atoms with E-state index in [1.165, 1.54) is 38.5 Å². The maximum Gasteiger partial charge on any atom is 0.244 e. The lowest BCUT2D eigenvalue weighted by atomic mass is 9.33. The van der Waals surface area contributed by atoms with Crippen LogP contribution in [-0.2, 0) is 4.79 Å². The molecule has 6 rings (SSSR count). The second-order valence-electron chi connectivity index (χ2n) is 17.4. The van der Waals surface area contributed by atoms with Crippen LogP contribution in [0.1, 0.15) is 131 Å². The summed E-state index contributed by atoms with van der Waals surface area (Å²) >= 11 is 6.22. The summed E-state index contributed by atoms with van der Waals surface area (Å²) in [6, 6.07) is 7.67. The minimum Gasteiger partial charge on any atom is -0.393 e. The van der Waals surface area contributed by atoms with E-state index >= 15 is 0 Å². The van der Waals surface area contributed by atoms with Gasteiger partial charge >= 0.3 is 0 Å². The molecule has 3 nitrogen and oxygen atoms in total. The third-order valence-corrected chi connectivity index (χ3v) is 15.2. The van der Waals surface area contributed by atoms with Crippen LogP contribution in [0, 0.1) is 50.7 Å². The van der Waals surface area contributed by atoms with E-state index in [1.807, 2.05) is 37.3 Å². The van der Waals surface area contributed by atoms with E-state index in [2.05, 4.69) is 59.9 Å². The zero-order chi connectivity index (χ0) is 31.9. The Balaban J connectivity index is 1.30. The van der Waals surface area contributed by atoms with Crippen molar-refractivity contribution in [3.05, 3.63) is 58.1 Å². The van der Waals surface area contributed by atoms with Crippen molar-refractivity contribution < 1.29 is 9.90 Å². The summed E-state index contributed by atoms with van der Waals surface area (Å²) in [5.41, 5.74) is 5.26. The molecule has 0 saturated heterocycles. The van der Waals surface area contributed by atoms with Gasteiger partial charge in [0.05, 0.1) is 12.1 Å². The molecule has 0 bridgehead atoms. The van der Waals surface area contributed by atoms with Gasteiger partial charge in [0.2, 0.25) is 5.91 Å². The van der Waals surface area contributed by atoms with Crippen LogP contribution in [0.3, 0.4) is 0 Å². The van der Waals surface area contributed by atoms with E-state index < -0.39 is 0 Å². The van der Waals surface area contributed by atoms with Crippen LogP contribution < -0.4 is 5.32 Å². The average molecular weight is 620 g/mol. The van der Waals surface area contributed by atoms with Gasteiger partial charge in [0.15, 0.2) is 0 Å². The first-order valence-corrected chi connectivity index (χ1v) is 18.1. The van der Waals surface area contributed by atoms with Crippen molar-refractivity contribution >= 4 is 17.5 Å². The van der Waals surface area contributed by atoms with Crippen LogP contribution >= 0.6 is 11.6 Å². The summed E-state index contributed by atoms with van der Waals surface area (Å²) in [5.74, 6) is 2.40. The highest BCUT2D eigenvalue weighted by molar-refractivity contribution is 6.30. The molecule has 5 aliphatic carbocycles. The van der Waals surface area contributed by atoms with Gasteiger partial charge < -0.3 is 10.4 Å². The summed E-state index contributed by atoms with van der Waals surface area (Å²) in [5, 5.41) is 15.0. The normalized spacial score (nSPS) is 42.0. The predicted molar refractivity (Wildman–Crippen MR) is 182 cm³/mol. The number of hydrogen-bond donors (Lipinski definition) is 2. The Hall–Kier alpha value is -1.58. The van der Waals surface area contributed by atoms with Gasteiger partial charge in [0, 0.05) is 10.4 Å². The lowest BCUT2D eigenvalue weighted by Gasteiger charge is -2.72. The summed E-state index contributed by atoms with van der Waals surface area (Å²) in [7, 11) is 0. The summed E-state index contributed by atoms with van der Waals surface area (Å²) < 4.78 is 0. The first-order valence-electron chi connectivity index (χ1n) is 17.8.